The number of benzene rings is 1. The number of nitrogens with zero attached hydrogens (tertiary/aromatic N) is 7. The minimum Gasteiger partial charge on any atom is -0.379 e. The molecule has 1 fully saturated rings. The number of rotatable bonds is 3. The van der Waals surface area contributed by atoms with E-state index >= 15 is 0 Å². The number of aromatic nitrogens is 4. The summed E-state index contributed by atoms with van der Waals surface area (Å²) >= 11 is 0. The lowest BCUT2D eigenvalue weighted by molar-refractivity contribution is -0.129. The molecule has 1 aromatic carbocycles. The Morgan fingerprint density at radius 1 is 1.23 bits per heavy atom. The second-order valence-electron chi connectivity index (χ2n) is 9.68. The molecule has 1 saturated heterocycles. The van der Waals surface area contributed by atoms with Gasteiger partial charge < -0.3 is 14.5 Å². The van der Waals surface area contributed by atoms with Crippen LogP contribution < -0.4 is 4.90 Å². The Morgan fingerprint density at radius 3 is 2.89 bits per heavy atom. The molecule has 35 heavy (non-hydrogen) atoms. The Morgan fingerprint density at radius 2 is 2.11 bits per heavy atom. The quantitative estimate of drug-likeness (QED) is 0.583. The fraction of sp³-hybridized carbons (Fsp3) is 0.462. The van der Waals surface area contributed by atoms with Crippen LogP contribution in [0.1, 0.15) is 48.3 Å². The molecule has 0 saturated carbocycles. The summed E-state index contributed by atoms with van der Waals surface area (Å²) in [7, 11) is 1.84. The molecule has 2 aromatic heterocycles. The van der Waals surface area contributed by atoms with Crippen molar-refractivity contribution >= 4 is 17.4 Å². The van der Waals surface area contributed by atoms with Crippen molar-refractivity contribution in [2.45, 2.75) is 45.2 Å². The summed E-state index contributed by atoms with van der Waals surface area (Å²) in [5.74, 6) is 1.07. The molecule has 5 heterocycles. The molecule has 6 rings (SSSR count). The van der Waals surface area contributed by atoms with E-state index in [9.17, 15) is 10.1 Å². The Labute approximate surface area is 204 Å². The van der Waals surface area contributed by atoms with Crippen molar-refractivity contribution in [2.24, 2.45) is 7.05 Å². The zero-order valence-corrected chi connectivity index (χ0v) is 20.2. The van der Waals surface area contributed by atoms with Gasteiger partial charge in [-0.3, -0.25) is 14.2 Å². The summed E-state index contributed by atoms with van der Waals surface area (Å²) in [5.41, 5.74) is 7.10. The largest absolute Gasteiger partial charge is 0.379 e. The first kappa shape index (κ1) is 21.9. The van der Waals surface area contributed by atoms with Crippen LogP contribution in [0.4, 0.5) is 11.5 Å². The first-order chi connectivity index (χ1) is 17.0. The van der Waals surface area contributed by atoms with E-state index in [1.165, 1.54) is 11.3 Å². The van der Waals surface area contributed by atoms with Gasteiger partial charge in [-0.2, -0.15) is 15.5 Å². The van der Waals surface area contributed by atoms with Crippen LogP contribution in [-0.4, -0.2) is 56.7 Å². The Kier molecular flexibility index (Phi) is 5.33. The van der Waals surface area contributed by atoms with Gasteiger partial charge in [-0.15, -0.1) is 0 Å². The van der Waals surface area contributed by atoms with Gasteiger partial charge in [-0.1, -0.05) is 6.07 Å². The van der Waals surface area contributed by atoms with Crippen molar-refractivity contribution in [3.63, 3.8) is 0 Å². The number of ether oxygens (including phenoxy) is 1. The number of aryl methyl sites for hydroxylation is 2. The second-order valence-corrected chi connectivity index (χ2v) is 9.68. The van der Waals surface area contributed by atoms with Gasteiger partial charge in [0, 0.05) is 68.8 Å². The molecule has 1 amide bonds. The maximum absolute atomic E-state index is 12.2. The number of amides is 1. The molecule has 0 unspecified atom stereocenters. The van der Waals surface area contributed by atoms with Crippen LogP contribution in [0.3, 0.4) is 0 Å². The first-order valence-electron chi connectivity index (χ1n) is 12.3. The SMILES string of the molecule is CC(=O)N1CCc2c(c(N3CCCc4cc(-c5cn(C)nc5C#N)ccc43)nn2[C@H]2CCOC2)C1. The normalized spacial score (nSPS) is 19.4. The Hall–Kier alpha value is -3.64. The van der Waals surface area contributed by atoms with Crippen molar-refractivity contribution in [3.8, 4) is 17.2 Å². The lowest BCUT2D eigenvalue weighted by Gasteiger charge is -2.32. The molecule has 0 radical (unpaired) electrons. The van der Waals surface area contributed by atoms with Gasteiger partial charge in [0.1, 0.15) is 6.07 Å². The fourth-order valence-electron chi connectivity index (χ4n) is 5.70. The van der Waals surface area contributed by atoms with E-state index < -0.39 is 0 Å². The topological polar surface area (TPSA) is 92.2 Å². The van der Waals surface area contributed by atoms with E-state index in [-0.39, 0.29) is 11.9 Å². The standard InChI is InChI=1S/C26H29N7O2/c1-17(34)31-10-7-25-22(15-31)26(29-33(25)20-8-11-35-16-20)32-9-3-4-19-12-18(5-6-24(19)32)21-14-30(2)28-23(21)13-27/h5-6,12,14,20H,3-4,7-11,15-16H2,1-2H3/t20-/m0/s1. The first-order valence-corrected chi connectivity index (χ1v) is 12.3. The Bertz CT molecular complexity index is 1340. The summed E-state index contributed by atoms with van der Waals surface area (Å²) in [6.07, 6.45) is 5.67. The minimum atomic E-state index is 0.104. The highest BCUT2D eigenvalue weighted by Crippen LogP contribution is 2.40. The molecule has 0 spiro atoms. The molecule has 1 atom stereocenters. The third-order valence-electron chi connectivity index (χ3n) is 7.46. The van der Waals surface area contributed by atoms with Crippen LogP contribution in [0.25, 0.3) is 11.1 Å². The molecule has 0 bridgehead atoms. The molecule has 9 nitrogen and oxygen atoms in total. The van der Waals surface area contributed by atoms with Gasteiger partial charge in [0.2, 0.25) is 5.91 Å². The van der Waals surface area contributed by atoms with Crippen molar-refractivity contribution in [1.82, 2.24) is 24.5 Å². The second kappa shape index (κ2) is 8.54. The molecule has 9 heteroatoms. The summed E-state index contributed by atoms with van der Waals surface area (Å²) in [5, 5.41) is 19.0. The van der Waals surface area contributed by atoms with Crippen LogP contribution in [0.5, 0.6) is 0 Å². The summed E-state index contributed by atoms with van der Waals surface area (Å²) in [4.78, 5) is 16.5. The average Bonchev–Trinajstić information content (AvgIpc) is 3.61. The van der Waals surface area contributed by atoms with E-state index in [1.807, 2.05) is 18.1 Å². The molecular formula is C26H29N7O2. The van der Waals surface area contributed by atoms with Crippen LogP contribution in [0.15, 0.2) is 24.4 Å². The summed E-state index contributed by atoms with van der Waals surface area (Å²) in [6, 6.07) is 8.87. The molecule has 0 N–H and O–H groups in total. The predicted molar refractivity (Wildman–Crippen MR) is 130 cm³/mol. The van der Waals surface area contributed by atoms with Gasteiger partial charge in [0.15, 0.2) is 11.5 Å². The average molecular weight is 472 g/mol. The van der Waals surface area contributed by atoms with Crippen molar-refractivity contribution in [3.05, 3.63) is 46.9 Å². The van der Waals surface area contributed by atoms with Crippen LogP contribution >= 0.6 is 0 Å². The minimum absolute atomic E-state index is 0.104. The molecular weight excluding hydrogens is 442 g/mol. The lowest BCUT2D eigenvalue weighted by atomic mass is 9.96. The number of hydrogen-bond acceptors (Lipinski definition) is 6. The smallest absolute Gasteiger partial charge is 0.219 e. The summed E-state index contributed by atoms with van der Waals surface area (Å²) < 4.78 is 9.55. The number of carbonyl (C=O) groups excluding carboxylic acids is 1. The number of carbonyl (C=O) groups is 1. The maximum Gasteiger partial charge on any atom is 0.219 e. The predicted octanol–water partition coefficient (Wildman–Crippen LogP) is 3.11. The van der Waals surface area contributed by atoms with E-state index in [1.54, 1.807) is 11.6 Å². The molecule has 3 aliphatic heterocycles. The summed E-state index contributed by atoms with van der Waals surface area (Å²) in [6.45, 7) is 5.31. The number of nitriles is 1. The van der Waals surface area contributed by atoms with Crippen LogP contribution in [0.2, 0.25) is 0 Å². The number of fused-ring (bicyclic) bond motifs is 2. The van der Waals surface area contributed by atoms with Crippen LogP contribution in [0, 0.1) is 11.3 Å². The zero-order chi connectivity index (χ0) is 24.1. The van der Waals surface area contributed by atoms with Crippen LogP contribution in [-0.2, 0) is 36.0 Å². The van der Waals surface area contributed by atoms with Crippen molar-refractivity contribution in [1.29, 1.82) is 5.26 Å². The number of hydrogen-bond donors (Lipinski definition) is 0. The van der Waals surface area contributed by atoms with Gasteiger partial charge in [0.05, 0.1) is 19.2 Å². The fourth-order valence-corrected chi connectivity index (χ4v) is 5.70. The Balaban J connectivity index is 1.42. The van der Waals surface area contributed by atoms with Gasteiger partial charge >= 0.3 is 0 Å². The maximum atomic E-state index is 12.2. The van der Waals surface area contributed by atoms with E-state index in [2.05, 4.69) is 38.9 Å². The monoisotopic (exact) mass is 471 g/mol. The molecule has 3 aromatic rings. The van der Waals surface area contributed by atoms with Gasteiger partial charge in [0.25, 0.3) is 0 Å². The highest BCUT2D eigenvalue weighted by molar-refractivity contribution is 5.77. The third-order valence-corrected chi connectivity index (χ3v) is 7.46. The van der Waals surface area contributed by atoms with Crippen molar-refractivity contribution < 1.29 is 9.53 Å². The lowest BCUT2D eigenvalue weighted by Crippen LogP contribution is -2.35. The van der Waals surface area contributed by atoms with E-state index in [0.717, 1.165) is 73.6 Å². The molecule has 3 aliphatic rings. The molecule has 180 valence electrons. The van der Waals surface area contributed by atoms with Crippen molar-refractivity contribution in [2.75, 3.05) is 31.2 Å². The third kappa shape index (κ3) is 3.69. The molecule has 0 aliphatic carbocycles. The number of anilines is 2. The van der Waals surface area contributed by atoms with Gasteiger partial charge in [-0.05, 0) is 42.5 Å². The van der Waals surface area contributed by atoms with Gasteiger partial charge in [-0.25, -0.2) is 0 Å². The van der Waals surface area contributed by atoms with E-state index in [4.69, 9.17) is 9.84 Å². The zero-order valence-electron chi connectivity index (χ0n) is 20.2. The highest BCUT2D eigenvalue weighted by atomic mass is 16.5. The highest BCUT2D eigenvalue weighted by Gasteiger charge is 2.33. The van der Waals surface area contributed by atoms with E-state index in [0.29, 0.717) is 18.8 Å².